The first-order valence-corrected chi connectivity index (χ1v) is 6.19. The van der Waals surface area contributed by atoms with E-state index < -0.39 is 16.5 Å². The molecule has 1 saturated heterocycles. The van der Waals surface area contributed by atoms with Gasteiger partial charge in [-0.2, -0.15) is 0 Å². The molecule has 16 heavy (non-hydrogen) atoms. The molecule has 1 aliphatic heterocycles. The number of carboxylic acid groups (broad SMARTS) is 1. The van der Waals surface area contributed by atoms with Crippen LogP contribution in [-0.4, -0.2) is 34.5 Å². The zero-order valence-corrected chi connectivity index (χ0v) is 10.3. The van der Waals surface area contributed by atoms with Crippen LogP contribution in [0.3, 0.4) is 0 Å². The first-order chi connectivity index (χ1) is 7.51. The maximum Gasteiger partial charge on any atom is 0.343 e. The van der Waals surface area contributed by atoms with Gasteiger partial charge in [0.05, 0.1) is 11.3 Å². The highest BCUT2D eigenvalue weighted by Crippen LogP contribution is 2.52. The highest BCUT2D eigenvalue weighted by atomic mass is 32.3. The minimum atomic E-state index is -0.966. The van der Waals surface area contributed by atoms with Crippen molar-refractivity contribution in [3.63, 3.8) is 0 Å². The second-order valence-corrected chi connectivity index (χ2v) is 5.62. The van der Waals surface area contributed by atoms with Crippen molar-refractivity contribution in [2.24, 2.45) is 0 Å². The second kappa shape index (κ2) is 5.40. The van der Waals surface area contributed by atoms with Gasteiger partial charge in [0.25, 0.3) is 0 Å². The maximum absolute atomic E-state index is 11.5. The van der Waals surface area contributed by atoms with Gasteiger partial charge in [0.15, 0.2) is 10.4 Å². The van der Waals surface area contributed by atoms with Crippen molar-refractivity contribution < 1.29 is 24.2 Å². The summed E-state index contributed by atoms with van der Waals surface area (Å²) in [7, 11) is 1.19. The van der Waals surface area contributed by atoms with Crippen molar-refractivity contribution in [1.82, 2.24) is 0 Å². The average Bonchev–Trinajstić information content (AvgIpc) is 2.19. The predicted octanol–water partition coefficient (Wildman–Crippen LogP) is 1.24. The number of rotatable bonds is 4. The molecule has 5 nitrogen and oxygen atoms in total. The number of ether oxygens (including phenoxy) is 1. The van der Waals surface area contributed by atoms with Crippen LogP contribution < -0.4 is 0 Å². The van der Waals surface area contributed by atoms with Crippen LogP contribution in [0.1, 0.15) is 13.3 Å². The molecular formula is C9H10O5S2. The second-order valence-electron chi connectivity index (χ2n) is 2.84. The summed E-state index contributed by atoms with van der Waals surface area (Å²) in [6, 6.07) is 0. The van der Waals surface area contributed by atoms with Crippen LogP contribution in [0.5, 0.6) is 0 Å². The molecule has 0 aromatic rings. The van der Waals surface area contributed by atoms with E-state index in [-0.39, 0.29) is 17.8 Å². The van der Waals surface area contributed by atoms with Gasteiger partial charge in [-0.3, -0.25) is 9.59 Å². The fourth-order valence-electron chi connectivity index (χ4n) is 1.01. The number of aliphatic carboxylic acids is 1. The summed E-state index contributed by atoms with van der Waals surface area (Å²) in [5.41, 5.74) is -0.0301. The van der Waals surface area contributed by atoms with E-state index >= 15 is 0 Å². The number of Topliss-reactive ketones (excluding diaryl/α,β-unsaturated/α-hetero) is 1. The molecule has 0 bridgehead atoms. The molecule has 0 amide bonds. The number of carboxylic acids is 1. The van der Waals surface area contributed by atoms with Crippen molar-refractivity contribution >= 4 is 41.2 Å². The van der Waals surface area contributed by atoms with Gasteiger partial charge in [-0.1, -0.05) is 30.4 Å². The Hall–Kier alpha value is -0.950. The van der Waals surface area contributed by atoms with E-state index in [0.29, 0.717) is 4.24 Å². The molecule has 1 aliphatic rings. The first kappa shape index (κ1) is 13.1. The molecule has 0 aromatic carbocycles. The lowest BCUT2D eigenvalue weighted by Crippen LogP contribution is -2.23. The summed E-state index contributed by atoms with van der Waals surface area (Å²) in [5.74, 6) is -2.00. The van der Waals surface area contributed by atoms with Crippen molar-refractivity contribution in [3.8, 4) is 0 Å². The van der Waals surface area contributed by atoms with Crippen molar-refractivity contribution in [2.75, 3.05) is 7.11 Å². The van der Waals surface area contributed by atoms with Crippen molar-refractivity contribution in [3.05, 3.63) is 9.81 Å². The number of ketones is 1. The Morgan fingerprint density at radius 3 is 2.31 bits per heavy atom. The van der Waals surface area contributed by atoms with Gasteiger partial charge < -0.3 is 9.84 Å². The summed E-state index contributed by atoms with van der Waals surface area (Å²) in [4.78, 5) is 33.4. The topological polar surface area (TPSA) is 80.7 Å². The smallest absolute Gasteiger partial charge is 0.343 e. The molecule has 1 fully saturated rings. The molecular weight excluding hydrogens is 252 g/mol. The summed E-state index contributed by atoms with van der Waals surface area (Å²) >= 11 is 2.00. The van der Waals surface area contributed by atoms with Crippen molar-refractivity contribution in [1.29, 1.82) is 0 Å². The highest BCUT2D eigenvalue weighted by Gasteiger charge is 2.37. The standard InChI is InChI=1S/C9H10O5S2/c1-3-4(10)5(7(13)14-2)8-15-9(16-8)6(11)12/h9H,3H2,1-2H3,(H,11,12). The number of esters is 1. The quantitative estimate of drug-likeness (QED) is 0.353. The minimum absolute atomic E-state index is 0.0301. The lowest BCUT2D eigenvalue weighted by molar-refractivity contribution is -0.138. The van der Waals surface area contributed by atoms with Crippen LogP contribution >= 0.6 is 23.5 Å². The number of carbonyl (C=O) groups excluding carboxylic acids is 2. The van der Waals surface area contributed by atoms with Crippen LogP contribution in [0.15, 0.2) is 9.81 Å². The SMILES string of the molecule is CCC(=O)C(C(=O)OC)=C1SC(C(=O)O)S1. The summed E-state index contributed by atoms with van der Waals surface area (Å²) in [6.45, 7) is 1.63. The van der Waals surface area contributed by atoms with Gasteiger partial charge in [-0.25, -0.2) is 4.79 Å². The third-order valence-corrected chi connectivity index (χ3v) is 4.65. The molecule has 0 saturated carbocycles. The molecule has 0 aromatic heterocycles. The molecule has 1 rings (SSSR count). The molecule has 0 radical (unpaired) electrons. The van der Waals surface area contributed by atoms with E-state index in [0.717, 1.165) is 23.5 Å². The zero-order chi connectivity index (χ0) is 12.3. The van der Waals surface area contributed by atoms with Crippen molar-refractivity contribution in [2.45, 2.75) is 17.9 Å². The molecule has 88 valence electrons. The number of thioether (sulfide) groups is 2. The zero-order valence-electron chi connectivity index (χ0n) is 8.68. The molecule has 0 atom stereocenters. The minimum Gasteiger partial charge on any atom is -0.480 e. The van der Waals surface area contributed by atoms with E-state index in [9.17, 15) is 14.4 Å². The summed E-state index contributed by atoms with van der Waals surface area (Å²) in [6.07, 6.45) is 0.187. The highest BCUT2D eigenvalue weighted by molar-refractivity contribution is 8.39. The van der Waals surface area contributed by atoms with Gasteiger partial charge in [-0.05, 0) is 0 Å². The fourth-order valence-corrected chi connectivity index (χ4v) is 3.12. The Labute approximate surface area is 101 Å². The molecule has 7 heteroatoms. The maximum atomic E-state index is 11.5. The Kier molecular flexibility index (Phi) is 4.43. The monoisotopic (exact) mass is 262 g/mol. The van der Waals surface area contributed by atoms with E-state index in [1.807, 2.05) is 0 Å². The van der Waals surface area contributed by atoms with E-state index in [1.54, 1.807) is 6.92 Å². The lowest BCUT2D eigenvalue weighted by Gasteiger charge is -2.25. The van der Waals surface area contributed by atoms with Crippen LogP contribution in [0.2, 0.25) is 0 Å². The van der Waals surface area contributed by atoms with Gasteiger partial charge in [-0.15, -0.1) is 0 Å². The Balaban J connectivity index is 2.87. The first-order valence-electron chi connectivity index (χ1n) is 4.43. The Morgan fingerprint density at radius 2 is 1.94 bits per heavy atom. The number of hydrogen-bond donors (Lipinski definition) is 1. The molecule has 1 heterocycles. The van der Waals surface area contributed by atoms with Gasteiger partial charge >= 0.3 is 11.9 Å². The Bertz CT molecular complexity index is 348. The van der Waals surface area contributed by atoms with Gasteiger partial charge in [0.2, 0.25) is 0 Å². The predicted molar refractivity (Wildman–Crippen MR) is 60.9 cm³/mol. The van der Waals surface area contributed by atoms with E-state index in [4.69, 9.17) is 5.11 Å². The normalized spacial score (nSPS) is 18.6. The van der Waals surface area contributed by atoms with Crippen LogP contribution in [0.25, 0.3) is 0 Å². The number of carbonyl (C=O) groups is 3. The number of methoxy groups -OCH3 is 1. The third kappa shape index (κ3) is 2.59. The molecule has 1 N–H and O–H groups in total. The molecule has 0 aliphatic carbocycles. The largest absolute Gasteiger partial charge is 0.480 e. The van der Waals surface area contributed by atoms with Crippen LogP contribution in [0.4, 0.5) is 0 Å². The Morgan fingerprint density at radius 1 is 1.38 bits per heavy atom. The summed E-state index contributed by atoms with van der Waals surface area (Å²) in [5, 5.41) is 8.66. The third-order valence-electron chi connectivity index (χ3n) is 1.82. The lowest BCUT2D eigenvalue weighted by atomic mass is 10.1. The number of hydrogen-bond acceptors (Lipinski definition) is 6. The molecule has 0 unspecified atom stereocenters. The fraction of sp³-hybridized carbons (Fsp3) is 0.444. The van der Waals surface area contributed by atoms with E-state index in [1.165, 1.54) is 7.11 Å². The van der Waals surface area contributed by atoms with Crippen LogP contribution in [-0.2, 0) is 19.1 Å². The average molecular weight is 262 g/mol. The van der Waals surface area contributed by atoms with Crippen LogP contribution in [0, 0.1) is 0 Å². The molecule has 0 spiro atoms. The van der Waals surface area contributed by atoms with Gasteiger partial charge in [0, 0.05) is 6.42 Å². The van der Waals surface area contributed by atoms with Gasteiger partial charge in [0.1, 0.15) is 5.57 Å². The summed E-state index contributed by atoms with van der Waals surface area (Å²) < 4.78 is 4.29. The van der Waals surface area contributed by atoms with E-state index in [2.05, 4.69) is 4.74 Å².